The zero-order valence-electron chi connectivity index (χ0n) is 19.5. The van der Waals surface area contributed by atoms with Crippen molar-refractivity contribution in [3.8, 4) is 22.8 Å². The van der Waals surface area contributed by atoms with Crippen LogP contribution in [0.5, 0.6) is 5.75 Å². The number of benzene rings is 2. The molecule has 1 amide bonds. The molecule has 2 aromatic carbocycles. The lowest BCUT2D eigenvalue weighted by Crippen LogP contribution is -2.23. The number of para-hydroxylation sites is 2. The summed E-state index contributed by atoms with van der Waals surface area (Å²) >= 11 is 1.43. The number of carbonyl (C=O) groups excluding carboxylic acids is 1. The molecule has 10 heteroatoms. The lowest BCUT2D eigenvalue weighted by atomic mass is 10.2. The van der Waals surface area contributed by atoms with Gasteiger partial charge in [-0.3, -0.25) is 14.3 Å². The molecule has 2 aromatic heterocycles. The van der Waals surface area contributed by atoms with Gasteiger partial charge >= 0.3 is 0 Å². The van der Waals surface area contributed by atoms with E-state index in [-0.39, 0.29) is 17.9 Å². The highest BCUT2D eigenvalue weighted by atomic mass is 32.2. The van der Waals surface area contributed by atoms with E-state index < -0.39 is 0 Å². The van der Waals surface area contributed by atoms with Crippen molar-refractivity contribution >= 4 is 23.4 Å². The van der Waals surface area contributed by atoms with Crippen molar-refractivity contribution in [2.24, 2.45) is 14.1 Å². The summed E-state index contributed by atoms with van der Waals surface area (Å²) in [5.41, 5.74) is 2.30. The molecular weight excluding hydrogens is 452 g/mol. The molecule has 0 saturated carbocycles. The molecule has 1 N–H and O–H groups in total. The molecule has 0 aliphatic rings. The molecule has 0 bridgehead atoms. The SMILES string of the molecule is COc1ccccc1-c1nnc(SCCC(=O)Nc2c(C)n(C)n(-c3ccccc3)c2=O)n1C. The highest BCUT2D eigenvalue weighted by Crippen LogP contribution is 2.30. The first-order valence-electron chi connectivity index (χ1n) is 10.7. The van der Waals surface area contributed by atoms with Gasteiger partial charge in [-0.2, -0.15) is 0 Å². The van der Waals surface area contributed by atoms with Crippen LogP contribution < -0.4 is 15.6 Å². The molecule has 0 atom stereocenters. The Kier molecular flexibility index (Phi) is 6.87. The molecule has 0 aliphatic heterocycles. The Balaban J connectivity index is 1.42. The van der Waals surface area contributed by atoms with Gasteiger partial charge in [0.25, 0.3) is 5.56 Å². The number of methoxy groups -OCH3 is 1. The van der Waals surface area contributed by atoms with Crippen LogP contribution in [0.1, 0.15) is 12.1 Å². The molecule has 0 radical (unpaired) electrons. The monoisotopic (exact) mass is 478 g/mol. The molecule has 0 saturated heterocycles. The first-order chi connectivity index (χ1) is 16.4. The van der Waals surface area contributed by atoms with Gasteiger partial charge in [-0.1, -0.05) is 42.1 Å². The molecule has 4 aromatic rings. The zero-order chi connectivity index (χ0) is 24.2. The summed E-state index contributed by atoms with van der Waals surface area (Å²) in [6, 6.07) is 16.9. The van der Waals surface area contributed by atoms with Crippen molar-refractivity contribution in [2.45, 2.75) is 18.5 Å². The summed E-state index contributed by atoms with van der Waals surface area (Å²) in [5, 5.41) is 12.0. The lowest BCUT2D eigenvalue weighted by Gasteiger charge is -2.08. The van der Waals surface area contributed by atoms with Crippen molar-refractivity contribution in [1.82, 2.24) is 24.1 Å². The van der Waals surface area contributed by atoms with Crippen LogP contribution in [0.2, 0.25) is 0 Å². The number of thioether (sulfide) groups is 1. The van der Waals surface area contributed by atoms with E-state index >= 15 is 0 Å². The van der Waals surface area contributed by atoms with Crippen LogP contribution >= 0.6 is 11.8 Å². The zero-order valence-corrected chi connectivity index (χ0v) is 20.3. The van der Waals surface area contributed by atoms with Crippen molar-refractivity contribution in [3.63, 3.8) is 0 Å². The highest BCUT2D eigenvalue weighted by molar-refractivity contribution is 7.99. The quantitative estimate of drug-likeness (QED) is 0.390. The van der Waals surface area contributed by atoms with Gasteiger partial charge in [0.2, 0.25) is 5.91 Å². The number of aromatic nitrogens is 5. The van der Waals surface area contributed by atoms with Crippen molar-refractivity contribution in [1.29, 1.82) is 0 Å². The van der Waals surface area contributed by atoms with Crippen molar-refractivity contribution in [2.75, 3.05) is 18.2 Å². The molecule has 9 nitrogen and oxygen atoms in total. The van der Waals surface area contributed by atoms with Crippen LogP contribution in [-0.4, -0.2) is 42.9 Å². The van der Waals surface area contributed by atoms with Gasteiger partial charge in [-0.25, -0.2) is 4.68 Å². The van der Waals surface area contributed by atoms with E-state index in [1.165, 1.54) is 11.8 Å². The summed E-state index contributed by atoms with van der Waals surface area (Å²) in [6.45, 7) is 1.81. The number of amides is 1. The second-order valence-electron chi connectivity index (χ2n) is 7.65. The van der Waals surface area contributed by atoms with Gasteiger partial charge in [-0.15, -0.1) is 10.2 Å². The summed E-state index contributed by atoms with van der Waals surface area (Å²) in [4.78, 5) is 25.6. The first kappa shape index (κ1) is 23.4. The number of carbonyl (C=O) groups is 1. The van der Waals surface area contributed by atoms with Crippen LogP contribution in [0.25, 0.3) is 17.1 Å². The predicted octanol–water partition coefficient (Wildman–Crippen LogP) is 3.41. The van der Waals surface area contributed by atoms with Gasteiger partial charge in [0.1, 0.15) is 11.4 Å². The fraction of sp³-hybridized carbons (Fsp3) is 0.250. The number of ether oxygens (including phenoxy) is 1. The number of rotatable bonds is 8. The minimum atomic E-state index is -0.262. The van der Waals surface area contributed by atoms with Gasteiger partial charge in [0.15, 0.2) is 11.0 Å². The normalized spacial score (nSPS) is 10.9. The number of nitrogens with zero attached hydrogens (tertiary/aromatic N) is 5. The fourth-order valence-electron chi connectivity index (χ4n) is 3.65. The first-order valence-corrected chi connectivity index (χ1v) is 11.7. The van der Waals surface area contributed by atoms with Gasteiger partial charge in [0, 0.05) is 26.3 Å². The topological polar surface area (TPSA) is 96.0 Å². The van der Waals surface area contributed by atoms with Crippen LogP contribution in [-0.2, 0) is 18.9 Å². The van der Waals surface area contributed by atoms with Crippen LogP contribution in [0.3, 0.4) is 0 Å². The van der Waals surface area contributed by atoms with Crippen LogP contribution in [0.15, 0.2) is 64.5 Å². The average molecular weight is 479 g/mol. The lowest BCUT2D eigenvalue weighted by molar-refractivity contribution is -0.115. The predicted molar refractivity (Wildman–Crippen MR) is 133 cm³/mol. The van der Waals surface area contributed by atoms with E-state index in [1.54, 1.807) is 23.5 Å². The third-order valence-corrected chi connectivity index (χ3v) is 6.58. The van der Waals surface area contributed by atoms with E-state index in [9.17, 15) is 9.59 Å². The number of anilines is 1. The van der Waals surface area contributed by atoms with Crippen molar-refractivity contribution in [3.05, 3.63) is 70.6 Å². The Labute approximate surface area is 201 Å². The Morgan fingerprint density at radius 2 is 1.76 bits per heavy atom. The molecule has 0 aliphatic carbocycles. The fourth-order valence-corrected chi connectivity index (χ4v) is 4.50. The molecule has 0 unspecified atom stereocenters. The molecule has 0 spiro atoms. The molecule has 176 valence electrons. The smallest absolute Gasteiger partial charge is 0.295 e. The number of nitrogens with one attached hydrogen (secondary N) is 1. The molecule has 2 heterocycles. The maximum atomic E-state index is 13.0. The van der Waals surface area contributed by atoms with E-state index in [0.29, 0.717) is 33.9 Å². The molecular formula is C24H26N6O3S. The molecule has 4 rings (SSSR count). The number of hydrogen-bond acceptors (Lipinski definition) is 6. The Morgan fingerprint density at radius 3 is 2.50 bits per heavy atom. The third kappa shape index (κ3) is 4.49. The average Bonchev–Trinajstić information content (AvgIpc) is 3.31. The minimum absolute atomic E-state index is 0.223. The Hall–Kier alpha value is -3.79. The van der Waals surface area contributed by atoms with E-state index in [0.717, 1.165) is 11.3 Å². The second kappa shape index (κ2) is 10.0. The molecule has 0 fully saturated rings. The van der Waals surface area contributed by atoms with E-state index in [2.05, 4.69) is 15.5 Å². The largest absolute Gasteiger partial charge is 0.496 e. The van der Waals surface area contributed by atoms with Crippen LogP contribution in [0, 0.1) is 6.92 Å². The second-order valence-corrected chi connectivity index (χ2v) is 8.71. The van der Waals surface area contributed by atoms with Gasteiger partial charge < -0.3 is 14.6 Å². The maximum Gasteiger partial charge on any atom is 0.295 e. The number of hydrogen-bond donors (Lipinski definition) is 1. The highest BCUT2D eigenvalue weighted by Gasteiger charge is 2.19. The summed E-state index contributed by atoms with van der Waals surface area (Å²) in [5.74, 6) is 1.66. The Bertz CT molecular complexity index is 1370. The standard InChI is InChI=1S/C24H26N6O3S/c1-16-21(23(32)30(29(16)3)17-10-6-5-7-11-17)25-20(31)14-15-34-24-27-26-22(28(24)2)18-12-8-9-13-19(18)33-4/h5-13H,14-15H2,1-4H3,(H,25,31). The summed E-state index contributed by atoms with van der Waals surface area (Å²) in [6.07, 6.45) is 0.223. The molecule has 34 heavy (non-hydrogen) atoms. The minimum Gasteiger partial charge on any atom is -0.496 e. The van der Waals surface area contributed by atoms with E-state index in [1.807, 2.05) is 73.1 Å². The summed E-state index contributed by atoms with van der Waals surface area (Å²) in [7, 11) is 5.29. The van der Waals surface area contributed by atoms with Crippen molar-refractivity contribution < 1.29 is 9.53 Å². The third-order valence-electron chi connectivity index (χ3n) is 5.56. The van der Waals surface area contributed by atoms with Gasteiger partial charge in [-0.05, 0) is 31.2 Å². The van der Waals surface area contributed by atoms with Gasteiger partial charge in [0.05, 0.1) is 24.1 Å². The maximum absolute atomic E-state index is 13.0. The summed E-state index contributed by atoms with van der Waals surface area (Å²) < 4.78 is 10.6. The van der Waals surface area contributed by atoms with Crippen LogP contribution in [0.4, 0.5) is 5.69 Å². The Morgan fingerprint density at radius 1 is 1.06 bits per heavy atom. The van der Waals surface area contributed by atoms with E-state index in [4.69, 9.17) is 4.74 Å².